The van der Waals surface area contributed by atoms with Crippen LogP contribution in [0.25, 0.3) is 0 Å². The van der Waals surface area contributed by atoms with Crippen LogP contribution in [-0.4, -0.2) is 99.9 Å². The van der Waals surface area contributed by atoms with E-state index in [0.717, 1.165) is 22.3 Å². The number of anilines is 6. The highest BCUT2D eigenvalue weighted by Gasteiger charge is 2.13. The summed E-state index contributed by atoms with van der Waals surface area (Å²) in [5, 5.41) is 19.9. The number of aromatic nitrogens is 6. The lowest BCUT2D eigenvalue weighted by Gasteiger charge is -2.14. The minimum atomic E-state index is 0.372. The van der Waals surface area contributed by atoms with Crippen molar-refractivity contribution in [3.63, 3.8) is 0 Å². The van der Waals surface area contributed by atoms with E-state index in [4.69, 9.17) is 37.9 Å². The van der Waals surface area contributed by atoms with E-state index in [1.165, 1.54) is 0 Å². The Hall–Kier alpha value is -7.90. The molecule has 4 aromatic carbocycles. The second kappa shape index (κ2) is 23.5. The molecule has 0 atom stereocenters. The molecular formula is C45H56N12O8. The molecule has 20 nitrogen and oxygen atoms in total. The lowest BCUT2D eigenvalue weighted by Crippen LogP contribution is -2.16. The summed E-state index contributed by atoms with van der Waals surface area (Å²) in [6, 6.07) is 22.8. The van der Waals surface area contributed by atoms with Gasteiger partial charge in [-0.1, -0.05) is 24.3 Å². The van der Waals surface area contributed by atoms with Gasteiger partial charge in [0, 0.05) is 39.3 Å². The van der Waals surface area contributed by atoms with E-state index in [-0.39, 0.29) is 0 Å². The van der Waals surface area contributed by atoms with Crippen LogP contribution >= 0.6 is 0 Å². The highest BCUT2D eigenvalue weighted by atomic mass is 16.5. The molecule has 0 amide bonds. The van der Waals surface area contributed by atoms with Crippen molar-refractivity contribution < 1.29 is 37.9 Å². The number of hydrogen-bond acceptors (Lipinski definition) is 20. The van der Waals surface area contributed by atoms with Crippen LogP contribution < -0.4 is 69.8 Å². The maximum atomic E-state index is 5.49. The molecule has 0 spiro atoms. The van der Waals surface area contributed by atoms with E-state index in [2.05, 4.69) is 61.8 Å². The van der Waals surface area contributed by atoms with Gasteiger partial charge in [-0.2, -0.15) is 29.9 Å². The Morgan fingerprint density at radius 3 is 0.723 bits per heavy atom. The molecule has 0 bridgehead atoms. The van der Waals surface area contributed by atoms with Gasteiger partial charge < -0.3 is 69.8 Å². The van der Waals surface area contributed by atoms with Gasteiger partial charge in [0.25, 0.3) is 0 Å². The zero-order chi connectivity index (χ0) is 46.0. The SMILES string of the molecule is COc1ccc(CNc2nc(NCCCNc3nc(NCc4ccc(OC)c(OC)c4)nc(NCc4ccc(OC)c(OC)c4)n3)nc(NCc3ccc(OC)c(OC)c3)n2)cc1OC. The monoisotopic (exact) mass is 892 g/mol. The van der Waals surface area contributed by atoms with Crippen molar-refractivity contribution >= 4 is 35.7 Å². The number of ether oxygens (including phenoxy) is 8. The third-order valence-electron chi connectivity index (χ3n) is 9.78. The van der Waals surface area contributed by atoms with Crippen molar-refractivity contribution in [1.82, 2.24) is 29.9 Å². The Kier molecular flexibility index (Phi) is 16.9. The van der Waals surface area contributed by atoms with E-state index in [0.29, 0.717) is 127 Å². The molecule has 0 saturated carbocycles. The fraction of sp³-hybridized carbons (Fsp3) is 0.333. The molecule has 2 aromatic heterocycles. The van der Waals surface area contributed by atoms with Gasteiger partial charge in [-0.3, -0.25) is 0 Å². The van der Waals surface area contributed by atoms with Gasteiger partial charge in [0.05, 0.1) is 56.9 Å². The molecule has 0 aliphatic rings. The first-order chi connectivity index (χ1) is 31.8. The van der Waals surface area contributed by atoms with Crippen molar-refractivity contribution in [1.29, 1.82) is 0 Å². The first-order valence-electron chi connectivity index (χ1n) is 20.6. The molecule has 0 fully saturated rings. The zero-order valence-electron chi connectivity index (χ0n) is 37.8. The molecule has 20 heteroatoms. The quantitative estimate of drug-likeness (QED) is 0.0320. The maximum absolute atomic E-state index is 5.49. The fourth-order valence-electron chi connectivity index (χ4n) is 6.40. The van der Waals surface area contributed by atoms with E-state index in [1.54, 1.807) is 56.9 Å². The van der Waals surface area contributed by atoms with Gasteiger partial charge in [0.2, 0.25) is 35.7 Å². The number of methoxy groups -OCH3 is 8. The molecule has 0 aliphatic heterocycles. The van der Waals surface area contributed by atoms with Gasteiger partial charge in [-0.05, 0) is 77.2 Å². The molecule has 65 heavy (non-hydrogen) atoms. The highest BCUT2D eigenvalue weighted by molar-refractivity contribution is 5.50. The standard InChI is InChI=1S/C45H56N12O8/c1-58-32-14-10-28(20-36(32)62-5)24-48-42-52-40(53-43(56-42)49-25-29-11-15-33(59-2)37(21-29)63-6)46-18-9-19-47-41-54-44(50-26-30-12-16-34(60-3)38(22-30)64-7)57-45(55-41)51-27-31-13-17-35(61-4)39(23-31)65-8/h10-17,20-23H,9,18-19,24-27H2,1-8H3,(H3,46,48,49,52,53,56)(H3,47,50,51,54,55,57). The Balaban J connectivity index is 1.13. The Morgan fingerprint density at radius 1 is 0.292 bits per heavy atom. The van der Waals surface area contributed by atoms with Crippen molar-refractivity contribution in [2.45, 2.75) is 32.6 Å². The number of hydrogen-bond donors (Lipinski definition) is 6. The van der Waals surface area contributed by atoms with E-state index < -0.39 is 0 Å². The minimum absolute atomic E-state index is 0.372. The van der Waals surface area contributed by atoms with Gasteiger partial charge >= 0.3 is 0 Å². The minimum Gasteiger partial charge on any atom is -0.493 e. The number of nitrogens with zero attached hydrogens (tertiary/aromatic N) is 6. The predicted molar refractivity (Wildman–Crippen MR) is 249 cm³/mol. The molecule has 0 aliphatic carbocycles. The summed E-state index contributed by atoms with van der Waals surface area (Å²) in [7, 11) is 12.8. The average Bonchev–Trinajstić information content (AvgIpc) is 3.35. The van der Waals surface area contributed by atoms with Gasteiger partial charge in [-0.15, -0.1) is 0 Å². The van der Waals surface area contributed by atoms with Crippen LogP contribution in [0.2, 0.25) is 0 Å². The topological polar surface area (TPSA) is 223 Å². The zero-order valence-corrected chi connectivity index (χ0v) is 37.8. The highest BCUT2D eigenvalue weighted by Crippen LogP contribution is 2.31. The average molecular weight is 893 g/mol. The first kappa shape index (κ1) is 46.6. The van der Waals surface area contributed by atoms with Gasteiger partial charge in [0.1, 0.15) is 0 Å². The van der Waals surface area contributed by atoms with E-state index in [1.807, 2.05) is 72.8 Å². The summed E-state index contributed by atoms with van der Waals surface area (Å²) in [4.78, 5) is 28.0. The molecule has 6 N–H and O–H groups in total. The molecule has 344 valence electrons. The summed E-state index contributed by atoms with van der Waals surface area (Å²) in [5.41, 5.74) is 3.78. The molecule has 0 unspecified atom stereocenters. The second-order valence-electron chi connectivity index (χ2n) is 14.0. The molecule has 2 heterocycles. The normalized spacial score (nSPS) is 10.6. The summed E-state index contributed by atoms with van der Waals surface area (Å²) in [6.45, 7) is 2.72. The van der Waals surface area contributed by atoms with Crippen molar-refractivity contribution in [3.8, 4) is 46.0 Å². The van der Waals surface area contributed by atoms with Crippen molar-refractivity contribution in [2.24, 2.45) is 0 Å². The van der Waals surface area contributed by atoms with Gasteiger partial charge in [-0.25, -0.2) is 0 Å². The molecule has 6 aromatic rings. The lowest BCUT2D eigenvalue weighted by molar-refractivity contribution is 0.354. The number of rotatable bonds is 26. The molecule has 0 radical (unpaired) electrons. The van der Waals surface area contributed by atoms with Crippen LogP contribution in [0.3, 0.4) is 0 Å². The Bertz CT molecular complexity index is 2160. The van der Waals surface area contributed by atoms with Crippen molar-refractivity contribution in [3.05, 3.63) is 95.1 Å². The number of benzene rings is 4. The molecule has 6 rings (SSSR count). The van der Waals surface area contributed by atoms with Crippen LogP contribution in [-0.2, 0) is 26.2 Å². The van der Waals surface area contributed by atoms with Crippen LogP contribution in [0.5, 0.6) is 46.0 Å². The Morgan fingerprint density at radius 2 is 0.508 bits per heavy atom. The Labute approximate surface area is 378 Å². The van der Waals surface area contributed by atoms with Crippen LogP contribution in [0.1, 0.15) is 28.7 Å². The molecular weight excluding hydrogens is 837 g/mol. The van der Waals surface area contributed by atoms with Crippen molar-refractivity contribution in [2.75, 3.05) is 102 Å². The summed E-state index contributed by atoms with van der Waals surface area (Å²) >= 11 is 0. The third kappa shape index (κ3) is 13.1. The largest absolute Gasteiger partial charge is 0.493 e. The molecule has 0 saturated heterocycles. The third-order valence-corrected chi connectivity index (χ3v) is 9.78. The predicted octanol–water partition coefficient (Wildman–Crippen LogP) is 6.49. The number of nitrogens with one attached hydrogen (secondary N) is 6. The van der Waals surface area contributed by atoms with E-state index in [9.17, 15) is 0 Å². The summed E-state index contributed by atoms with van der Waals surface area (Å²) < 4.78 is 43.6. The second-order valence-corrected chi connectivity index (χ2v) is 14.0. The first-order valence-corrected chi connectivity index (χ1v) is 20.6. The summed E-state index contributed by atoms with van der Waals surface area (Å²) in [6.07, 6.45) is 0.656. The van der Waals surface area contributed by atoms with Crippen LogP contribution in [0.4, 0.5) is 35.7 Å². The van der Waals surface area contributed by atoms with Crippen LogP contribution in [0, 0.1) is 0 Å². The van der Waals surface area contributed by atoms with E-state index >= 15 is 0 Å². The fourth-order valence-corrected chi connectivity index (χ4v) is 6.40. The van der Waals surface area contributed by atoms with Gasteiger partial charge in [0.15, 0.2) is 46.0 Å². The summed E-state index contributed by atoms with van der Waals surface area (Å²) in [5.74, 6) is 7.30. The lowest BCUT2D eigenvalue weighted by atomic mass is 10.2. The smallest absolute Gasteiger partial charge is 0.229 e. The maximum Gasteiger partial charge on any atom is 0.229 e. The van der Waals surface area contributed by atoms with Crippen LogP contribution in [0.15, 0.2) is 72.8 Å².